The maximum Gasteiger partial charge on any atom is 0.331 e. The van der Waals surface area contributed by atoms with Crippen molar-refractivity contribution in [3.63, 3.8) is 0 Å². The van der Waals surface area contributed by atoms with Crippen LogP contribution in [0.5, 0.6) is 5.88 Å². The maximum absolute atomic E-state index is 11.5. The van der Waals surface area contributed by atoms with E-state index in [-0.39, 0.29) is 0 Å². The molecule has 34 heavy (non-hydrogen) atoms. The van der Waals surface area contributed by atoms with Crippen LogP contribution in [0, 0.1) is 0 Å². The lowest BCUT2D eigenvalue weighted by molar-refractivity contribution is -0.132. The minimum Gasteiger partial charge on any atom is -0.478 e. The third-order valence-corrected chi connectivity index (χ3v) is 7.02. The Kier molecular flexibility index (Phi) is 6.66. The van der Waals surface area contributed by atoms with Crippen LogP contribution in [0.25, 0.3) is 5.57 Å². The second kappa shape index (κ2) is 10.00. The van der Waals surface area contributed by atoms with Crippen LogP contribution in [0.2, 0.25) is 5.02 Å². The number of benzene rings is 1. The number of pyridine rings is 1. The first-order chi connectivity index (χ1) is 16.6. The quantitative estimate of drug-likeness (QED) is 0.575. The number of ether oxygens (including phenoxy) is 1. The van der Waals surface area contributed by atoms with Crippen molar-refractivity contribution in [3.8, 4) is 5.88 Å². The number of carboxylic acids is 1. The van der Waals surface area contributed by atoms with Crippen LogP contribution in [0.3, 0.4) is 0 Å². The molecule has 1 aromatic carbocycles. The van der Waals surface area contributed by atoms with Crippen LogP contribution in [0.4, 0.5) is 0 Å². The number of hydrogen-bond donors (Lipinski definition) is 1. The van der Waals surface area contributed by atoms with E-state index in [1.54, 1.807) is 18.3 Å². The van der Waals surface area contributed by atoms with Gasteiger partial charge in [0.15, 0.2) is 0 Å². The first kappa shape index (κ1) is 22.6. The SMILES string of the molecule is O=C(O)C1=CC=C2Oc3ncccc3C(=CCCN3CCC(c4ccc(Cl)cc4)CC3)C=C2C1. The molecule has 3 heterocycles. The number of aliphatic carboxylic acids is 1. The van der Waals surface area contributed by atoms with Gasteiger partial charge in [0.1, 0.15) is 5.76 Å². The van der Waals surface area contributed by atoms with Gasteiger partial charge in [-0.25, -0.2) is 9.78 Å². The molecule has 0 atom stereocenters. The number of carbonyl (C=O) groups is 1. The Hall–Kier alpha value is -3.15. The van der Waals surface area contributed by atoms with E-state index >= 15 is 0 Å². The highest BCUT2D eigenvalue weighted by Gasteiger charge is 2.24. The molecule has 3 aliphatic rings. The highest BCUT2D eigenvalue weighted by atomic mass is 35.5. The average Bonchev–Trinajstić information content (AvgIpc) is 3.01. The molecule has 0 amide bonds. The third kappa shape index (κ3) is 5.01. The van der Waals surface area contributed by atoms with Crippen LogP contribution in [-0.4, -0.2) is 40.6 Å². The van der Waals surface area contributed by atoms with Gasteiger partial charge in [0.2, 0.25) is 5.88 Å². The fourth-order valence-corrected chi connectivity index (χ4v) is 4.99. The zero-order chi connectivity index (χ0) is 23.5. The topological polar surface area (TPSA) is 62.7 Å². The molecule has 1 aliphatic carbocycles. The largest absolute Gasteiger partial charge is 0.478 e. The minimum atomic E-state index is -0.899. The predicted octanol–water partition coefficient (Wildman–Crippen LogP) is 6.01. The molecule has 2 aromatic rings. The number of aromatic nitrogens is 1. The van der Waals surface area contributed by atoms with Gasteiger partial charge in [-0.2, -0.15) is 0 Å². The van der Waals surface area contributed by atoms with Crippen LogP contribution in [-0.2, 0) is 4.79 Å². The van der Waals surface area contributed by atoms with E-state index in [1.165, 1.54) is 5.56 Å². The van der Waals surface area contributed by atoms with E-state index in [0.717, 1.165) is 60.6 Å². The Morgan fingerprint density at radius 1 is 1.18 bits per heavy atom. The fourth-order valence-electron chi connectivity index (χ4n) is 4.86. The van der Waals surface area contributed by atoms with Crippen molar-refractivity contribution in [1.29, 1.82) is 0 Å². The van der Waals surface area contributed by atoms with E-state index in [0.29, 0.717) is 29.6 Å². The summed E-state index contributed by atoms with van der Waals surface area (Å²) >= 11 is 6.03. The minimum absolute atomic E-state index is 0.338. The first-order valence-electron chi connectivity index (χ1n) is 11.7. The molecule has 1 aromatic heterocycles. The number of carboxylic acid groups (broad SMARTS) is 1. The summed E-state index contributed by atoms with van der Waals surface area (Å²) in [6.07, 6.45) is 12.9. The standard InChI is InChI=1S/C28H27ClN2O3/c29-24-8-5-19(6-9-24)20-11-15-31(16-12-20)14-2-3-21-17-23-18-22(28(32)33)7-10-26(23)34-27-25(21)4-1-13-30-27/h1,3-10,13,17,20H,2,11-12,14-16,18H2,(H,32,33). The van der Waals surface area contributed by atoms with Gasteiger partial charge in [-0.05, 0) is 91.9 Å². The molecule has 5 nitrogen and oxygen atoms in total. The lowest BCUT2D eigenvalue weighted by Crippen LogP contribution is -2.33. The van der Waals surface area contributed by atoms with Gasteiger partial charge in [-0.3, -0.25) is 0 Å². The van der Waals surface area contributed by atoms with Crippen LogP contribution >= 0.6 is 11.6 Å². The second-order valence-electron chi connectivity index (χ2n) is 8.95. The van der Waals surface area contributed by atoms with Gasteiger partial charge in [0.25, 0.3) is 0 Å². The molecule has 1 saturated heterocycles. The van der Waals surface area contributed by atoms with Gasteiger partial charge in [-0.15, -0.1) is 0 Å². The lowest BCUT2D eigenvalue weighted by Gasteiger charge is -2.32. The molecule has 5 rings (SSSR count). The molecule has 0 spiro atoms. The van der Waals surface area contributed by atoms with Crippen molar-refractivity contribution in [2.45, 2.75) is 31.6 Å². The van der Waals surface area contributed by atoms with E-state index in [2.05, 4.69) is 34.2 Å². The van der Waals surface area contributed by atoms with Gasteiger partial charge in [0.05, 0.1) is 0 Å². The maximum atomic E-state index is 11.5. The lowest BCUT2D eigenvalue weighted by atomic mass is 9.89. The molecule has 1 fully saturated rings. The van der Waals surface area contributed by atoms with Gasteiger partial charge < -0.3 is 14.7 Å². The highest BCUT2D eigenvalue weighted by Crippen LogP contribution is 2.37. The Labute approximate surface area is 204 Å². The van der Waals surface area contributed by atoms with Gasteiger partial charge in [-0.1, -0.05) is 29.8 Å². The van der Waals surface area contributed by atoms with E-state index in [9.17, 15) is 9.90 Å². The number of piperidine rings is 1. The number of halogens is 1. The molecule has 174 valence electrons. The zero-order valence-corrected chi connectivity index (χ0v) is 19.7. The summed E-state index contributed by atoms with van der Waals surface area (Å²) in [6.45, 7) is 3.15. The van der Waals surface area contributed by atoms with E-state index in [1.807, 2.05) is 24.3 Å². The fraction of sp³-hybridized carbons (Fsp3) is 0.286. The molecule has 0 unspecified atom stereocenters. The zero-order valence-electron chi connectivity index (χ0n) is 18.9. The van der Waals surface area contributed by atoms with Crippen LogP contribution < -0.4 is 4.74 Å². The summed E-state index contributed by atoms with van der Waals surface area (Å²) in [7, 11) is 0. The number of rotatable bonds is 5. The number of allylic oxidation sites excluding steroid dienone is 5. The Morgan fingerprint density at radius 2 is 1.97 bits per heavy atom. The first-order valence-corrected chi connectivity index (χ1v) is 12.1. The van der Waals surface area contributed by atoms with Gasteiger partial charge >= 0.3 is 5.97 Å². The molecular formula is C28H27ClN2O3. The average molecular weight is 475 g/mol. The number of hydrogen-bond acceptors (Lipinski definition) is 4. The van der Waals surface area contributed by atoms with Crippen molar-refractivity contribution in [1.82, 2.24) is 9.88 Å². The Morgan fingerprint density at radius 3 is 2.74 bits per heavy atom. The Balaban J connectivity index is 1.27. The van der Waals surface area contributed by atoms with E-state index < -0.39 is 5.97 Å². The number of likely N-dealkylation sites (tertiary alicyclic amines) is 1. The smallest absolute Gasteiger partial charge is 0.331 e. The molecule has 0 bridgehead atoms. The molecule has 1 N–H and O–H groups in total. The summed E-state index contributed by atoms with van der Waals surface area (Å²) in [5.74, 6) is 0.921. The molecular weight excluding hydrogens is 448 g/mol. The monoisotopic (exact) mass is 474 g/mol. The molecule has 6 heteroatoms. The second-order valence-corrected chi connectivity index (χ2v) is 9.38. The molecule has 0 saturated carbocycles. The Bertz CT molecular complexity index is 1200. The summed E-state index contributed by atoms with van der Waals surface area (Å²) in [5.41, 5.74) is 4.58. The molecule has 0 radical (unpaired) electrons. The van der Waals surface area contributed by atoms with Crippen molar-refractivity contribution in [3.05, 3.63) is 100.0 Å². The number of nitrogens with zero attached hydrogens (tertiary/aromatic N) is 2. The summed E-state index contributed by atoms with van der Waals surface area (Å²) in [4.78, 5) is 18.4. The van der Waals surface area contributed by atoms with Crippen molar-refractivity contribution in [2.24, 2.45) is 0 Å². The predicted molar refractivity (Wildman–Crippen MR) is 134 cm³/mol. The highest BCUT2D eigenvalue weighted by molar-refractivity contribution is 6.30. The third-order valence-electron chi connectivity index (χ3n) is 6.77. The van der Waals surface area contributed by atoms with Crippen molar-refractivity contribution < 1.29 is 14.6 Å². The summed E-state index contributed by atoms with van der Waals surface area (Å²) < 4.78 is 6.06. The van der Waals surface area contributed by atoms with Crippen LogP contribution in [0.1, 0.15) is 42.7 Å². The van der Waals surface area contributed by atoms with Gasteiger partial charge in [0, 0.05) is 40.9 Å². The number of fused-ring (bicyclic) bond motifs is 2. The van der Waals surface area contributed by atoms with E-state index in [4.69, 9.17) is 16.3 Å². The summed E-state index contributed by atoms with van der Waals surface area (Å²) in [5, 5.41) is 10.2. The normalized spacial score (nSPS) is 19.8. The molecule has 2 aliphatic heterocycles. The van der Waals surface area contributed by atoms with Crippen LogP contribution in [0.15, 0.2) is 83.8 Å². The van der Waals surface area contributed by atoms with Crippen molar-refractivity contribution >= 4 is 23.1 Å². The van der Waals surface area contributed by atoms with Crippen molar-refractivity contribution in [2.75, 3.05) is 19.6 Å². The summed E-state index contributed by atoms with van der Waals surface area (Å²) in [6, 6.07) is 12.2.